The zero-order chi connectivity index (χ0) is 19.8. The third kappa shape index (κ3) is 3.59. The highest BCUT2D eigenvalue weighted by atomic mass is 32.2. The second kappa shape index (κ2) is 6.93. The summed E-state index contributed by atoms with van der Waals surface area (Å²) in [6.45, 7) is 1.76. The summed E-state index contributed by atoms with van der Waals surface area (Å²) in [5.41, 5.74) is 6.55. The Bertz CT molecular complexity index is 1130. The Morgan fingerprint density at radius 2 is 2.00 bits per heavy atom. The minimum Gasteiger partial charge on any atom is -0.451 e. The maximum absolute atomic E-state index is 12.4. The summed E-state index contributed by atoms with van der Waals surface area (Å²) < 4.78 is 32.8. The van der Waals surface area contributed by atoms with E-state index in [1.165, 1.54) is 42.8 Å². The van der Waals surface area contributed by atoms with Crippen LogP contribution in [-0.2, 0) is 10.0 Å². The van der Waals surface area contributed by atoms with Crippen LogP contribution in [0.2, 0.25) is 0 Å². The van der Waals surface area contributed by atoms with Crippen molar-refractivity contribution < 1.29 is 22.4 Å². The van der Waals surface area contributed by atoms with E-state index in [2.05, 4.69) is 15.4 Å². The first kappa shape index (κ1) is 18.7. The molecule has 27 heavy (non-hydrogen) atoms. The molecule has 0 saturated heterocycles. The molecule has 2 aromatic heterocycles. The summed E-state index contributed by atoms with van der Waals surface area (Å²) in [5.74, 6) is -0.738. The van der Waals surface area contributed by atoms with Crippen molar-refractivity contribution in [1.82, 2.24) is 5.32 Å². The van der Waals surface area contributed by atoms with E-state index in [9.17, 15) is 18.0 Å². The zero-order valence-electron chi connectivity index (χ0n) is 14.3. The van der Waals surface area contributed by atoms with Crippen LogP contribution in [0.5, 0.6) is 0 Å². The maximum Gasteiger partial charge on any atom is 0.319 e. The number of furan rings is 1. The van der Waals surface area contributed by atoms with Crippen LogP contribution in [0.3, 0.4) is 0 Å². The first-order valence-electron chi connectivity index (χ1n) is 7.65. The Labute approximate surface area is 158 Å². The number of anilines is 2. The smallest absolute Gasteiger partial charge is 0.319 e. The number of fused-ring (bicyclic) bond motifs is 1. The molecule has 3 aromatic rings. The molecular weight excluding hydrogens is 392 g/mol. The largest absolute Gasteiger partial charge is 0.451 e. The number of carbonyl (C=O) groups is 2. The Morgan fingerprint density at radius 3 is 2.59 bits per heavy atom. The van der Waals surface area contributed by atoms with Gasteiger partial charge in [0.15, 0.2) is 0 Å². The van der Waals surface area contributed by atoms with Crippen LogP contribution in [0, 0.1) is 6.92 Å². The van der Waals surface area contributed by atoms with Gasteiger partial charge in [-0.05, 0) is 36.8 Å². The predicted molar refractivity (Wildman–Crippen MR) is 103 cm³/mol. The lowest BCUT2D eigenvalue weighted by atomic mass is 10.1. The van der Waals surface area contributed by atoms with Crippen LogP contribution in [-0.4, -0.2) is 27.4 Å². The van der Waals surface area contributed by atoms with Gasteiger partial charge in [-0.25, -0.2) is 4.79 Å². The topological polar surface area (TPSA) is 144 Å². The first-order chi connectivity index (χ1) is 12.7. The molecule has 0 radical (unpaired) electrons. The number of carbonyl (C=O) groups excluding carboxylic acids is 2. The van der Waals surface area contributed by atoms with Crippen molar-refractivity contribution in [3.05, 3.63) is 41.7 Å². The summed E-state index contributed by atoms with van der Waals surface area (Å²) in [6, 6.07) is 5.39. The number of hydrogen-bond acceptors (Lipinski definition) is 6. The number of thiophene rings is 1. The number of urea groups is 1. The zero-order valence-corrected chi connectivity index (χ0v) is 16.0. The summed E-state index contributed by atoms with van der Waals surface area (Å²) in [4.78, 5) is 23.6. The Balaban J connectivity index is 2.11. The molecule has 0 aliphatic heterocycles. The lowest BCUT2D eigenvalue weighted by Gasteiger charge is -2.08. The highest BCUT2D eigenvalue weighted by Crippen LogP contribution is 2.39. The molecule has 0 fully saturated rings. The number of nitrogens with one attached hydrogen (secondary N) is 3. The van der Waals surface area contributed by atoms with Crippen molar-refractivity contribution in [2.24, 2.45) is 5.73 Å². The van der Waals surface area contributed by atoms with Gasteiger partial charge in [-0.15, -0.1) is 11.3 Å². The number of sulfonamides is 1. The second-order valence-electron chi connectivity index (χ2n) is 5.58. The highest BCUT2D eigenvalue weighted by Gasteiger charge is 2.22. The van der Waals surface area contributed by atoms with E-state index in [4.69, 9.17) is 10.2 Å². The van der Waals surface area contributed by atoms with Gasteiger partial charge in [0.25, 0.3) is 15.9 Å². The van der Waals surface area contributed by atoms with Gasteiger partial charge in [0.2, 0.25) is 5.09 Å². The van der Waals surface area contributed by atoms with Crippen LogP contribution >= 0.6 is 11.3 Å². The molecule has 0 aliphatic rings. The summed E-state index contributed by atoms with van der Waals surface area (Å²) in [6.07, 6.45) is 1.25. The second-order valence-corrected chi connectivity index (χ2v) is 8.22. The molecule has 0 atom stereocenters. The van der Waals surface area contributed by atoms with Crippen molar-refractivity contribution >= 4 is 54.1 Å². The fraction of sp³-hybridized carbons (Fsp3) is 0.125. The average Bonchev–Trinajstić information content (AvgIpc) is 3.22. The number of primary amides is 1. The fourth-order valence-corrected chi connectivity index (χ4v) is 4.67. The predicted octanol–water partition coefficient (Wildman–Crippen LogP) is 2.45. The number of benzene rings is 1. The van der Waals surface area contributed by atoms with Gasteiger partial charge in [0.05, 0.1) is 11.8 Å². The third-order valence-corrected chi connectivity index (χ3v) is 6.21. The normalized spacial score (nSPS) is 11.3. The van der Waals surface area contributed by atoms with Crippen molar-refractivity contribution in [2.75, 3.05) is 17.1 Å². The van der Waals surface area contributed by atoms with Gasteiger partial charge in [0, 0.05) is 22.8 Å². The minimum absolute atomic E-state index is 0.112. The lowest BCUT2D eigenvalue weighted by molar-refractivity contribution is 0.100. The highest BCUT2D eigenvalue weighted by molar-refractivity contribution is 7.92. The van der Waals surface area contributed by atoms with Gasteiger partial charge in [-0.1, -0.05) is 0 Å². The van der Waals surface area contributed by atoms with Crippen molar-refractivity contribution in [2.45, 2.75) is 12.0 Å². The van der Waals surface area contributed by atoms with Crippen molar-refractivity contribution in [3.8, 4) is 0 Å². The summed E-state index contributed by atoms with van der Waals surface area (Å²) in [7, 11) is -2.47. The van der Waals surface area contributed by atoms with Gasteiger partial charge < -0.3 is 15.5 Å². The molecule has 142 valence electrons. The standard InChI is InChI=1S/C16H16N4O5S2/c1-8-6-9(20-27(23,24)11-4-3-5-25-11)7-10-12(14(17)21)15(26-13(8)10)19-16(22)18-2/h3-7,20H,1-2H3,(H2,17,21)(H2,18,19,22). The molecule has 0 bridgehead atoms. The summed E-state index contributed by atoms with van der Waals surface area (Å²) >= 11 is 1.18. The van der Waals surface area contributed by atoms with Gasteiger partial charge >= 0.3 is 6.03 Å². The fourth-order valence-electron chi connectivity index (χ4n) is 2.55. The maximum atomic E-state index is 12.4. The third-order valence-electron chi connectivity index (χ3n) is 3.69. The van der Waals surface area contributed by atoms with Gasteiger partial charge in [-0.3, -0.25) is 14.8 Å². The Hall–Kier alpha value is -3.05. The van der Waals surface area contributed by atoms with E-state index >= 15 is 0 Å². The van der Waals surface area contributed by atoms with E-state index in [1.54, 1.807) is 13.0 Å². The molecule has 11 heteroatoms. The minimum atomic E-state index is -3.91. The Kier molecular flexibility index (Phi) is 4.81. The van der Waals surface area contributed by atoms with Crippen molar-refractivity contribution in [1.29, 1.82) is 0 Å². The van der Waals surface area contributed by atoms with E-state index in [-0.39, 0.29) is 21.3 Å². The quantitative estimate of drug-likeness (QED) is 0.513. The van der Waals surface area contributed by atoms with Crippen LogP contribution in [0.15, 0.2) is 40.0 Å². The van der Waals surface area contributed by atoms with Crippen molar-refractivity contribution in [3.63, 3.8) is 0 Å². The molecule has 9 nitrogen and oxygen atoms in total. The summed E-state index contributed by atoms with van der Waals surface area (Å²) in [5, 5.41) is 5.45. The van der Waals surface area contributed by atoms with Crippen LogP contribution in [0.4, 0.5) is 15.5 Å². The van der Waals surface area contributed by atoms with E-state index < -0.39 is 22.0 Å². The molecular formula is C16H16N4O5S2. The van der Waals surface area contributed by atoms with Crippen LogP contribution < -0.4 is 21.1 Å². The van der Waals surface area contributed by atoms with Gasteiger partial charge in [-0.2, -0.15) is 8.42 Å². The number of rotatable bonds is 5. The molecule has 3 rings (SSSR count). The molecule has 3 amide bonds. The average molecular weight is 408 g/mol. The van der Waals surface area contributed by atoms with E-state index in [1.807, 2.05) is 0 Å². The number of hydrogen-bond donors (Lipinski definition) is 4. The van der Waals surface area contributed by atoms with Gasteiger partial charge in [0.1, 0.15) is 5.00 Å². The van der Waals surface area contributed by atoms with Crippen LogP contribution in [0.1, 0.15) is 15.9 Å². The molecule has 0 unspecified atom stereocenters. The number of aryl methyl sites for hydroxylation is 1. The lowest BCUT2D eigenvalue weighted by Crippen LogP contribution is -2.25. The molecule has 5 N–H and O–H groups in total. The van der Waals surface area contributed by atoms with Crippen LogP contribution in [0.25, 0.3) is 10.1 Å². The molecule has 0 saturated carbocycles. The number of amides is 3. The SMILES string of the molecule is CNC(=O)Nc1sc2c(C)cc(NS(=O)(=O)c3ccco3)cc2c1C(N)=O. The molecule has 2 heterocycles. The monoisotopic (exact) mass is 408 g/mol. The first-order valence-corrected chi connectivity index (χ1v) is 9.95. The number of nitrogens with two attached hydrogens (primary N) is 1. The molecule has 0 spiro atoms. The van der Waals surface area contributed by atoms with E-state index in [0.717, 1.165) is 0 Å². The Morgan fingerprint density at radius 1 is 1.26 bits per heavy atom. The molecule has 1 aromatic carbocycles. The van der Waals surface area contributed by atoms with E-state index in [0.29, 0.717) is 15.6 Å². The molecule has 0 aliphatic carbocycles.